The lowest BCUT2D eigenvalue weighted by atomic mass is 9.82. The number of rotatable bonds is 7. The molecule has 45 heavy (non-hydrogen) atoms. The summed E-state index contributed by atoms with van der Waals surface area (Å²) in [6.07, 6.45) is 6.12. The van der Waals surface area contributed by atoms with Gasteiger partial charge in [-0.1, -0.05) is 12.1 Å². The molecule has 12 heteroatoms. The normalized spacial score (nSPS) is 30.1. The predicted octanol–water partition coefficient (Wildman–Crippen LogP) is 2.55. The minimum absolute atomic E-state index is 0.0234. The third kappa shape index (κ3) is 6.51. The van der Waals surface area contributed by atoms with E-state index in [1.165, 1.54) is 12.4 Å². The van der Waals surface area contributed by atoms with Crippen LogP contribution in [0.25, 0.3) is 0 Å². The molecule has 4 heterocycles. The van der Waals surface area contributed by atoms with Crippen LogP contribution in [0.4, 0.5) is 4.39 Å². The van der Waals surface area contributed by atoms with Crippen LogP contribution in [0.2, 0.25) is 0 Å². The first-order valence-electron chi connectivity index (χ1n) is 16.7. The number of hydrogen-bond donors (Lipinski definition) is 1. The lowest BCUT2D eigenvalue weighted by Gasteiger charge is -2.54. The van der Waals surface area contributed by atoms with Crippen molar-refractivity contribution in [1.82, 2.24) is 19.0 Å². The fourth-order valence-electron chi connectivity index (χ4n) is 8.14. The minimum Gasteiger partial charge on any atom is -0.628 e. The first-order valence-corrected chi connectivity index (χ1v) is 18.2. The molecule has 0 aromatic heterocycles. The average molecular weight is 645 g/mol. The smallest absolute Gasteiger partial charge is 0.257 e. The van der Waals surface area contributed by atoms with Crippen molar-refractivity contribution in [1.29, 1.82) is 0 Å². The largest absolute Gasteiger partial charge is 0.628 e. The number of hydrogen-bond acceptors (Lipinski definition) is 7. The van der Waals surface area contributed by atoms with Gasteiger partial charge in [-0.05, 0) is 89.8 Å². The highest BCUT2D eigenvalue weighted by molar-refractivity contribution is 7.90. The second kappa shape index (κ2) is 12.8. The fourth-order valence-corrected chi connectivity index (χ4v) is 10.0. The molecule has 1 amide bonds. The Kier molecular flexibility index (Phi) is 9.28. The van der Waals surface area contributed by atoms with E-state index in [1.807, 2.05) is 11.0 Å². The molecule has 4 fully saturated rings. The van der Waals surface area contributed by atoms with Gasteiger partial charge in [0.05, 0.1) is 16.5 Å². The zero-order chi connectivity index (χ0) is 32.1. The predicted molar refractivity (Wildman–Crippen MR) is 172 cm³/mol. The van der Waals surface area contributed by atoms with Crippen molar-refractivity contribution in [2.75, 3.05) is 45.8 Å². The number of hydroxylamine groups is 2. The quantitative estimate of drug-likeness (QED) is 0.458. The molecule has 1 N–H and O–H groups in total. The number of nitrogens with one attached hydrogen (secondary N) is 1. The summed E-state index contributed by atoms with van der Waals surface area (Å²) in [5.74, 6) is -0.0668. The van der Waals surface area contributed by atoms with Crippen molar-refractivity contribution < 1.29 is 22.7 Å². The molecule has 1 aromatic rings. The van der Waals surface area contributed by atoms with Crippen LogP contribution in [-0.2, 0) is 14.8 Å². The third-order valence-electron chi connectivity index (χ3n) is 11.2. The molecule has 3 saturated heterocycles. The van der Waals surface area contributed by atoms with Gasteiger partial charge in [-0.3, -0.25) is 14.6 Å². The molecule has 1 aliphatic carbocycles. The van der Waals surface area contributed by atoms with Gasteiger partial charge < -0.3 is 15.2 Å². The van der Waals surface area contributed by atoms with Gasteiger partial charge >= 0.3 is 0 Å². The van der Waals surface area contributed by atoms with Gasteiger partial charge in [0.25, 0.3) is 5.91 Å². The highest BCUT2D eigenvalue weighted by Crippen LogP contribution is 2.41. The molecule has 3 unspecified atom stereocenters. The standard InChI is InChI=1S/C33H49FN6O4S/c1-23-21-37(33(4)12-16-36(17-13-33)32(41)30-24(2)35-22-40(42)25(30)3)18-19-39(23)31(27-6-5-7-28(34)20-27)26-10-14-38(15-11-26)45(43,44)29-8-9-29/h5-7,20,22-23,25-26,29,31,40H,8-19,21H2,1-4H3/t23-,25?,31?/m0/s1. The number of sulfonamides is 1. The van der Waals surface area contributed by atoms with E-state index in [-0.39, 0.29) is 45.6 Å². The fraction of sp³-hybridized carbons (Fsp3) is 0.697. The van der Waals surface area contributed by atoms with Crippen LogP contribution in [0.5, 0.6) is 0 Å². The molecule has 1 saturated carbocycles. The van der Waals surface area contributed by atoms with E-state index in [4.69, 9.17) is 0 Å². The maximum atomic E-state index is 14.5. The SMILES string of the molecule is CC1=C(C(=O)N2CCC(C)(N3CCN(C(c4cccc(F)c4)C4CCN(S(=O)(=O)C5CC5)CC4)[C@@H](C)C3)CC2)C(C)[NH+]([O-])C=N1. The Morgan fingerprint density at radius 2 is 1.76 bits per heavy atom. The summed E-state index contributed by atoms with van der Waals surface area (Å²) >= 11 is 0. The molecule has 6 rings (SSSR count). The van der Waals surface area contributed by atoms with E-state index in [9.17, 15) is 22.8 Å². The van der Waals surface area contributed by atoms with Crippen LogP contribution in [0.1, 0.15) is 77.8 Å². The topological polar surface area (TPSA) is 104 Å². The Balaban J connectivity index is 1.12. The number of benzene rings is 1. The van der Waals surface area contributed by atoms with Crippen LogP contribution < -0.4 is 5.06 Å². The molecule has 0 radical (unpaired) electrons. The van der Waals surface area contributed by atoms with E-state index in [2.05, 4.69) is 28.6 Å². The second-order valence-electron chi connectivity index (χ2n) is 14.2. The second-order valence-corrected chi connectivity index (χ2v) is 16.4. The zero-order valence-corrected chi connectivity index (χ0v) is 27.9. The number of carbonyl (C=O) groups excluding carboxylic acids is 1. The summed E-state index contributed by atoms with van der Waals surface area (Å²) in [5.41, 5.74) is 2.08. The van der Waals surface area contributed by atoms with Crippen molar-refractivity contribution in [3.05, 3.63) is 52.1 Å². The monoisotopic (exact) mass is 644 g/mol. The first kappa shape index (κ1) is 32.7. The lowest BCUT2D eigenvalue weighted by molar-refractivity contribution is -0.762. The Morgan fingerprint density at radius 1 is 1.07 bits per heavy atom. The van der Waals surface area contributed by atoms with Gasteiger partial charge in [-0.15, -0.1) is 0 Å². The number of piperidine rings is 2. The van der Waals surface area contributed by atoms with E-state index < -0.39 is 16.1 Å². The molecule has 4 atom stereocenters. The summed E-state index contributed by atoms with van der Waals surface area (Å²) in [7, 11) is -3.19. The van der Waals surface area contributed by atoms with Gasteiger partial charge in [0.1, 0.15) is 11.9 Å². The Bertz CT molecular complexity index is 1430. The van der Waals surface area contributed by atoms with E-state index in [0.29, 0.717) is 37.4 Å². The van der Waals surface area contributed by atoms with Crippen molar-refractivity contribution in [3.8, 4) is 0 Å². The van der Waals surface area contributed by atoms with Gasteiger partial charge in [0, 0.05) is 63.4 Å². The summed E-state index contributed by atoms with van der Waals surface area (Å²) in [6.45, 7) is 13.1. The minimum atomic E-state index is -3.19. The number of allylic oxidation sites excluding steroid dienone is 1. The Morgan fingerprint density at radius 3 is 2.38 bits per heavy atom. The van der Waals surface area contributed by atoms with Crippen molar-refractivity contribution in [2.24, 2.45) is 10.9 Å². The van der Waals surface area contributed by atoms with Gasteiger partial charge in [0.2, 0.25) is 10.0 Å². The van der Waals surface area contributed by atoms with Crippen LogP contribution >= 0.6 is 0 Å². The summed E-state index contributed by atoms with van der Waals surface area (Å²) in [5, 5.41) is 11.9. The Hall–Kier alpha value is -2.22. The highest BCUT2D eigenvalue weighted by atomic mass is 32.2. The molecule has 10 nitrogen and oxygen atoms in total. The third-order valence-corrected chi connectivity index (χ3v) is 13.6. The summed E-state index contributed by atoms with van der Waals surface area (Å²) in [6, 6.07) is 6.74. The first-order chi connectivity index (χ1) is 21.4. The van der Waals surface area contributed by atoms with Crippen LogP contribution in [0.3, 0.4) is 0 Å². The number of likely N-dealkylation sites (tertiary alicyclic amines) is 1. The van der Waals surface area contributed by atoms with Gasteiger partial charge in [0.15, 0.2) is 6.34 Å². The molecular formula is C33H49FN6O4S. The zero-order valence-electron chi connectivity index (χ0n) is 27.1. The van der Waals surface area contributed by atoms with Crippen LogP contribution in [0.15, 0.2) is 40.5 Å². The highest BCUT2D eigenvalue weighted by Gasteiger charge is 2.45. The number of halogens is 1. The van der Waals surface area contributed by atoms with E-state index in [0.717, 1.165) is 63.7 Å². The van der Waals surface area contributed by atoms with Crippen molar-refractivity contribution in [3.63, 3.8) is 0 Å². The summed E-state index contributed by atoms with van der Waals surface area (Å²) in [4.78, 5) is 24.6. The average Bonchev–Trinajstić information content (AvgIpc) is 3.88. The van der Waals surface area contributed by atoms with Crippen LogP contribution in [0, 0.1) is 16.9 Å². The molecule has 248 valence electrons. The maximum Gasteiger partial charge on any atom is 0.257 e. The number of amides is 1. The maximum absolute atomic E-state index is 14.5. The van der Waals surface area contributed by atoms with Crippen LogP contribution in [-0.4, -0.2) is 108 Å². The van der Waals surface area contributed by atoms with Crippen molar-refractivity contribution in [2.45, 2.75) is 95.1 Å². The van der Waals surface area contributed by atoms with Gasteiger partial charge in [-0.25, -0.2) is 22.1 Å². The number of nitrogens with zero attached hydrogens (tertiary/aromatic N) is 5. The molecular weight excluding hydrogens is 595 g/mol. The number of aliphatic imine (C=N–C) groups is 1. The molecule has 5 aliphatic rings. The molecule has 1 aromatic carbocycles. The number of piperazine rings is 1. The number of quaternary nitrogens is 1. The summed E-state index contributed by atoms with van der Waals surface area (Å²) < 4.78 is 42.0. The van der Waals surface area contributed by atoms with Gasteiger partial charge in [-0.2, -0.15) is 0 Å². The molecule has 0 spiro atoms. The number of carbonyl (C=O) groups is 1. The molecule has 4 aliphatic heterocycles. The Labute approximate surface area is 267 Å². The van der Waals surface area contributed by atoms with E-state index >= 15 is 0 Å². The molecule has 0 bridgehead atoms. The lowest BCUT2D eigenvalue weighted by Crippen LogP contribution is -3.10. The van der Waals surface area contributed by atoms with Crippen molar-refractivity contribution >= 4 is 22.3 Å². The van der Waals surface area contributed by atoms with E-state index in [1.54, 1.807) is 30.3 Å².